The van der Waals surface area contributed by atoms with E-state index in [1.54, 1.807) is 19.1 Å². The molecule has 1 aromatic heterocycles. The van der Waals surface area contributed by atoms with E-state index in [-0.39, 0.29) is 25.6 Å². The normalized spacial score (nSPS) is 19.0. The quantitative estimate of drug-likeness (QED) is 0.242. The van der Waals surface area contributed by atoms with Gasteiger partial charge in [0.2, 0.25) is 0 Å². The van der Waals surface area contributed by atoms with Crippen molar-refractivity contribution in [2.24, 2.45) is 0 Å². The average Bonchev–Trinajstić information content (AvgIpc) is 3.42. The number of nitrogens with one attached hydrogen (secondary N) is 2. The van der Waals surface area contributed by atoms with Gasteiger partial charge in [-0.15, -0.1) is 0 Å². The number of ether oxygens (including phenoxy) is 4. The molecule has 1 fully saturated rings. The molecule has 4 rings (SSSR count). The van der Waals surface area contributed by atoms with E-state index in [0.29, 0.717) is 11.3 Å². The van der Waals surface area contributed by atoms with Gasteiger partial charge in [-0.25, -0.2) is 9.36 Å². The van der Waals surface area contributed by atoms with Crippen LogP contribution >= 0.6 is 7.75 Å². The smallest absolute Gasteiger partial charge is 0.459 e. The van der Waals surface area contributed by atoms with Gasteiger partial charge in [-0.3, -0.25) is 23.7 Å². The zero-order valence-electron chi connectivity index (χ0n) is 22.1. The van der Waals surface area contributed by atoms with Crippen LogP contribution in [-0.2, 0) is 34.7 Å². The summed E-state index contributed by atoms with van der Waals surface area (Å²) in [6.07, 6.45) is -0.516. The molecule has 2 unspecified atom stereocenters. The van der Waals surface area contributed by atoms with Crippen LogP contribution < -0.4 is 25.6 Å². The van der Waals surface area contributed by atoms with E-state index in [4.69, 9.17) is 28.0 Å². The Hall–Kier alpha value is -3.74. The molecule has 0 aliphatic carbocycles. The van der Waals surface area contributed by atoms with Crippen LogP contribution in [0.5, 0.6) is 11.5 Å². The Kier molecular flexibility index (Phi) is 9.56. The zero-order valence-corrected chi connectivity index (χ0v) is 23.0. The summed E-state index contributed by atoms with van der Waals surface area (Å²) in [5.74, 6) is 0.0654. The summed E-state index contributed by atoms with van der Waals surface area (Å²) in [7, 11) is -2.70. The van der Waals surface area contributed by atoms with Crippen LogP contribution in [0, 0.1) is 6.92 Å². The lowest BCUT2D eigenvalue weighted by atomic mass is 10.2. The first-order valence-electron chi connectivity index (χ1n) is 12.3. The van der Waals surface area contributed by atoms with Crippen molar-refractivity contribution in [2.75, 3.05) is 20.3 Å². The third kappa shape index (κ3) is 7.68. The highest BCUT2D eigenvalue weighted by atomic mass is 31.2. The first-order valence-corrected chi connectivity index (χ1v) is 13.9. The Morgan fingerprint density at radius 1 is 1.15 bits per heavy atom. The number of benzene rings is 2. The molecule has 40 heavy (non-hydrogen) atoms. The molecule has 0 bridgehead atoms. The number of hydrogen-bond donors (Lipinski definition) is 2. The number of rotatable bonds is 12. The lowest BCUT2D eigenvalue weighted by Gasteiger charge is -2.24. The highest BCUT2D eigenvalue weighted by molar-refractivity contribution is 7.52. The van der Waals surface area contributed by atoms with Crippen molar-refractivity contribution < 1.29 is 37.4 Å². The second kappa shape index (κ2) is 13.1. The van der Waals surface area contributed by atoms with E-state index in [9.17, 15) is 18.9 Å². The number of aromatic nitrogens is 2. The SMILES string of the molecule is COc1ccc(OP(=O)(NC(C)C(=O)OCc2ccccc2)OC[C@@H]2OC[C@H](n3cc(C)c(=O)[nH]c3=O)O2)cc1. The molecule has 0 amide bonds. The van der Waals surface area contributed by atoms with Crippen LogP contribution in [0.2, 0.25) is 0 Å². The molecule has 13 nitrogen and oxygen atoms in total. The Morgan fingerprint density at radius 3 is 2.55 bits per heavy atom. The van der Waals surface area contributed by atoms with E-state index in [1.165, 1.54) is 36.9 Å². The maximum Gasteiger partial charge on any atom is 0.459 e. The fourth-order valence-electron chi connectivity index (χ4n) is 3.64. The Labute approximate surface area is 229 Å². The van der Waals surface area contributed by atoms with Gasteiger partial charge >= 0.3 is 19.4 Å². The van der Waals surface area contributed by atoms with Crippen molar-refractivity contribution in [3.63, 3.8) is 0 Å². The summed E-state index contributed by atoms with van der Waals surface area (Å²) in [5, 5.41) is 2.60. The van der Waals surface area contributed by atoms with Crippen LogP contribution in [0.4, 0.5) is 0 Å². The fraction of sp³-hybridized carbons (Fsp3) is 0.346. The van der Waals surface area contributed by atoms with Gasteiger partial charge in [0.25, 0.3) is 5.56 Å². The van der Waals surface area contributed by atoms with E-state index >= 15 is 0 Å². The minimum absolute atomic E-state index is 0.0291. The maximum absolute atomic E-state index is 13.8. The van der Waals surface area contributed by atoms with E-state index < -0.39 is 43.5 Å². The maximum atomic E-state index is 13.8. The molecule has 14 heteroatoms. The van der Waals surface area contributed by atoms with Crippen molar-refractivity contribution in [1.29, 1.82) is 0 Å². The molecule has 214 valence electrons. The van der Waals surface area contributed by atoms with E-state index in [2.05, 4.69) is 10.1 Å². The first kappa shape index (κ1) is 29.2. The molecule has 0 saturated carbocycles. The van der Waals surface area contributed by atoms with Crippen LogP contribution in [-0.4, -0.2) is 48.2 Å². The average molecular weight is 576 g/mol. The zero-order chi connectivity index (χ0) is 28.7. The molecule has 1 saturated heterocycles. The van der Waals surface area contributed by atoms with Gasteiger partial charge in [-0.05, 0) is 43.7 Å². The Morgan fingerprint density at radius 2 is 1.85 bits per heavy atom. The van der Waals surface area contributed by atoms with Gasteiger partial charge in [-0.1, -0.05) is 30.3 Å². The van der Waals surface area contributed by atoms with Crippen molar-refractivity contribution in [3.8, 4) is 11.5 Å². The Bertz CT molecular complexity index is 1460. The number of nitrogens with zero attached hydrogens (tertiary/aromatic N) is 1. The van der Waals surface area contributed by atoms with Crippen LogP contribution in [0.3, 0.4) is 0 Å². The molecule has 2 heterocycles. The molecule has 2 N–H and O–H groups in total. The Balaban J connectivity index is 1.42. The van der Waals surface area contributed by atoms with Gasteiger partial charge in [0, 0.05) is 11.8 Å². The number of hydrogen-bond acceptors (Lipinski definition) is 10. The summed E-state index contributed by atoms with van der Waals surface area (Å²) >= 11 is 0. The second-order valence-corrected chi connectivity index (χ2v) is 10.5. The second-order valence-electron chi connectivity index (χ2n) is 8.84. The largest absolute Gasteiger partial charge is 0.497 e. The molecule has 4 atom stereocenters. The predicted molar refractivity (Wildman–Crippen MR) is 142 cm³/mol. The molecule has 0 radical (unpaired) electrons. The number of methoxy groups -OCH3 is 1. The molecule has 2 aromatic carbocycles. The van der Waals surface area contributed by atoms with Crippen molar-refractivity contribution in [3.05, 3.63) is 92.8 Å². The summed E-state index contributed by atoms with van der Waals surface area (Å²) < 4.78 is 47.9. The summed E-state index contributed by atoms with van der Waals surface area (Å²) in [4.78, 5) is 38.7. The summed E-state index contributed by atoms with van der Waals surface area (Å²) in [6, 6.07) is 14.3. The third-order valence-corrected chi connectivity index (χ3v) is 7.43. The van der Waals surface area contributed by atoms with Gasteiger partial charge in [0.15, 0.2) is 12.5 Å². The summed E-state index contributed by atoms with van der Waals surface area (Å²) in [5.41, 5.74) is -0.0561. The van der Waals surface area contributed by atoms with E-state index in [1.807, 2.05) is 30.3 Å². The summed E-state index contributed by atoms with van der Waals surface area (Å²) in [6.45, 7) is 2.64. The topological polar surface area (TPSA) is 156 Å². The standard InChI is InChI=1S/C26H30N3O10P/c1-17-13-29(26(32)27-24(17)30)22-15-35-23(38-22)16-37-40(33,39-21-11-9-20(34-3)10-12-21)28-18(2)25(31)36-14-19-7-5-4-6-8-19/h4-13,18,22-23H,14-16H2,1-3H3,(H,28,33)(H,27,30,32)/t18?,22-,23-,40?/m1/s1. The minimum atomic E-state index is -4.21. The van der Waals surface area contributed by atoms with Crippen molar-refractivity contribution in [1.82, 2.24) is 14.6 Å². The molecule has 3 aromatic rings. The lowest BCUT2D eigenvalue weighted by Crippen LogP contribution is -2.36. The molecule has 0 spiro atoms. The fourth-order valence-corrected chi connectivity index (χ4v) is 5.12. The number of carbonyl (C=O) groups is 1. The van der Waals surface area contributed by atoms with Crippen LogP contribution in [0.1, 0.15) is 24.3 Å². The number of H-pyrrole nitrogens is 1. The molecule has 1 aliphatic rings. The molecular formula is C26H30N3O10P. The van der Waals surface area contributed by atoms with Crippen LogP contribution in [0.25, 0.3) is 0 Å². The highest BCUT2D eigenvalue weighted by Gasteiger charge is 2.36. The van der Waals surface area contributed by atoms with Gasteiger partial charge in [0.05, 0.1) is 13.7 Å². The van der Waals surface area contributed by atoms with Crippen molar-refractivity contribution in [2.45, 2.75) is 39.0 Å². The molecule has 1 aliphatic heterocycles. The van der Waals surface area contributed by atoms with Crippen LogP contribution in [0.15, 0.2) is 70.4 Å². The number of aryl methyl sites for hydroxylation is 1. The predicted octanol–water partition coefficient (Wildman–Crippen LogP) is 2.65. The number of aromatic amines is 1. The highest BCUT2D eigenvalue weighted by Crippen LogP contribution is 2.45. The monoisotopic (exact) mass is 575 g/mol. The number of esters is 1. The van der Waals surface area contributed by atoms with Gasteiger partial charge in [0.1, 0.15) is 30.8 Å². The lowest BCUT2D eigenvalue weighted by molar-refractivity contribution is -0.146. The van der Waals surface area contributed by atoms with Crippen molar-refractivity contribution >= 4 is 13.7 Å². The van der Waals surface area contributed by atoms with Gasteiger partial charge < -0.3 is 23.5 Å². The molecular weight excluding hydrogens is 545 g/mol. The first-order chi connectivity index (χ1) is 19.2. The van der Waals surface area contributed by atoms with E-state index in [0.717, 1.165) is 5.56 Å². The third-order valence-electron chi connectivity index (χ3n) is 5.78. The van der Waals surface area contributed by atoms with Gasteiger partial charge in [-0.2, -0.15) is 5.09 Å². The minimum Gasteiger partial charge on any atom is -0.497 e. The number of carbonyl (C=O) groups excluding carboxylic acids is 1.